The maximum absolute atomic E-state index is 9.29. The van der Waals surface area contributed by atoms with Gasteiger partial charge in [-0.15, -0.1) is 0 Å². The largest absolute Gasteiger partial charge is 0.376 e. The molecule has 0 aromatic heterocycles. The van der Waals surface area contributed by atoms with Crippen molar-refractivity contribution in [1.82, 2.24) is 4.90 Å². The quantitative estimate of drug-likeness (QED) is 0.758. The first-order valence-corrected chi connectivity index (χ1v) is 5.61. The van der Waals surface area contributed by atoms with Crippen molar-refractivity contribution in [2.75, 3.05) is 19.7 Å². The average molecular weight is 216 g/mol. The average Bonchev–Trinajstić information content (AvgIpc) is 2.31. The Morgan fingerprint density at radius 3 is 2.81 bits per heavy atom. The number of hydrogen-bond donors (Lipinski definition) is 0. The fourth-order valence-electron chi connectivity index (χ4n) is 2.08. The number of nitriles is 1. The van der Waals surface area contributed by atoms with Crippen LogP contribution < -0.4 is 0 Å². The van der Waals surface area contributed by atoms with Crippen molar-refractivity contribution >= 4 is 0 Å². The fourth-order valence-corrected chi connectivity index (χ4v) is 2.08. The second kappa shape index (κ2) is 5.11. The summed E-state index contributed by atoms with van der Waals surface area (Å²) in [5.74, 6) is 0. The highest BCUT2D eigenvalue weighted by Gasteiger charge is 2.24. The van der Waals surface area contributed by atoms with Crippen LogP contribution in [0.25, 0.3) is 0 Å². The van der Waals surface area contributed by atoms with Gasteiger partial charge in [0, 0.05) is 13.1 Å². The van der Waals surface area contributed by atoms with Crippen LogP contribution in [-0.2, 0) is 4.74 Å². The van der Waals surface area contributed by atoms with Crippen molar-refractivity contribution in [2.24, 2.45) is 0 Å². The van der Waals surface area contributed by atoms with Crippen LogP contribution in [0.5, 0.6) is 0 Å². The lowest BCUT2D eigenvalue weighted by molar-refractivity contribution is -0.0269. The molecule has 1 saturated heterocycles. The molecule has 0 radical (unpaired) electrons. The molecular weight excluding hydrogens is 200 g/mol. The van der Waals surface area contributed by atoms with Gasteiger partial charge in [0.25, 0.3) is 0 Å². The summed E-state index contributed by atoms with van der Waals surface area (Å²) in [6.45, 7) is 4.42. The third-order valence-corrected chi connectivity index (χ3v) is 2.88. The molecule has 1 heterocycles. The second-order valence-corrected chi connectivity index (χ2v) is 4.12. The Kier molecular flexibility index (Phi) is 3.55. The van der Waals surface area contributed by atoms with Gasteiger partial charge in [-0.2, -0.15) is 5.26 Å². The number of nitrogens with zero attached hydrogens (tertiary/aromatic N) is 2. The zero-order chi connectivity index (χ0) is 11.4. The molecule has 3 heteroatoms. The van der Waals surface area contributed by atoms with Crippen molar-refractivity contribution in [3.63, 3.8) is 0 Å². The van der Waals surface area contributed by atoms with E-state index in [1.165, 1.54) is 0 Å². The lowest BCUT2D eigenvalue weighted by Gasteiger charge is -2.34. The molecule has 84 valence electrons. The molecule has 3 nitrogen and oxygen atoms in total. The maximum atomic E-state index is 9.29. The van der Waals surface area contributed by atoms with Gasteiger partial charge in [-0.3, -0.25) is 4.90 Å². The monoisotopic (exact) mass is 216 g/mol. The molecule has 2 unspecified atom stereocenters. The van der Waals surface area contributed by atoms with Gasteiger partial charge in [0.2, 0.25) is 0 Å². The van der Waals surface area contributed by atoms with E-state index in [0.29, 0.717) is 6.61 Å². The van der Waals surface area contributed by atoms with E-state index >= 15 is 0 Å². The molecule has 1 aliphatic heterocycles. The van der Waals surface area contributed by atoms with Gasteiger partial charge < -0.3 is 4.74 Å². The Morgan fingerprint density at radius 1 is 1.44 bits per heavy atom. The van der Waals surface area contributed by atoms with Gasteiger partial charge in [-0.25, -0.2) is 0 Å². The van der Waals surface area contributed by atoms with E-state index in [1.807, 2.05) is 37.3 Å². The molecule has 1 aliphatic rings. The minimum atomic E-state index is -0.146. The first kappa shape index (κ1) is 11.1. The van der Waals surface area contributed by atoms with Crippen LogP contribution in [0, 0.1) is 11.3 Å². The highest BCUT2D eigenvalue weighted by Crippen LogP contribution is 2.21. The summed E-state index contributed by atoms with van der Waals surface area (Å²) in [6.07, 6.45) is 0.216. The SMILES string of the molecule is CC1CN(C(C#N)c2ccccc2)CCO1. The number of rotatable bonds is 2. The molecule has 2 rings (SSSR count). The lowest BCUT2D eigenvalue weighted by Crippen LogP contribution is -2.42. The molecule has 0 saturated carbocycles. The number of morpholine rings is 1. The molecule has 1 aromatic rings. The first-order valence-electron chi connectivity index (χ1n) is 5.61. The van der Waals surface area contributed by atoms with Crippen molar-refractivity contribution in [3.05, 3.63) is 35.9 Å². The predicted octanol–water partition coefficient (Wildman–Crippen LogP) is 1.97. The minimum Gasteiger partial charge on any atom is -0.376 e. The topological polar surface area (TPSA) is 36.3 Å². The first-order chi connectivity index (χ1) is 7.81. The summed E-state index contributed by atoms with van der Waals surface area (Å²) in [6, 6.07) is 12.2. The van der Waals surface area contributed by atoms with E-state index in [-0.39, 0.29) is 12.1 Å². The van der Waals surface area contributed by atoms with Crippen molar-refractivity contribution in [1.29, 1.82) is 5.26 Å². The summed E-state index contributed by atoms with van der Waals surface area (Å²) in [5.41, 5.74) is 1.07. The third-order valence-electron chi connectivity index (χ3n) is 2.88. The smallest absolute Gasteiger partial charge is 0.124 e. The molecule has 0 aliphatic carbocycles. The molecule has 2 atom stereocenters. The van der Waals surface area contributed by atoms with Gasteiger partial charge in [-0.1, -0.05) is 30.3 Å². The van der Waals surface area contributed by atoms with Gasteiger partial charge in [0.15, 0.2) is 0 Å². The number of ether oxygens (including phenoxy) is 1. The molecular formula is C13H16N2O. The summed E-state index contributed by atoms with van der Waals surface area (Å²) in [7, 11) is 0. The normalized spacial score (nSPS) is 23.6. The molecule has 0 amide bonds. The molecule has 1 aromatic carbocycles. The Labute approximate surface area is 96.2 Å². The zero-order valence-electron chi connectivity index (χ0n) is 9.47. The highest BCUT2D eigenvalue weighted by molar-refractivity contribution is 5.24. The van der Waals surface area contributed by atoms with Crippen LogP contribution in [0.2, 0.25) is 0 Å². The van der Waals surface area contributed by atoms with E-state index in [0.717, 1.165) is 18.7 Å². The Morgan fingerprint density at radius 2 is 2.19 bits per heavy atom. The van der Waals surface area contributed by atoms with Crippen LogP contribution in [-0.4, -0.2) is 30.7 Å². The van der Waals surface area contributed by atoms with Gasteiger partial charge in [0.05, 0.1) is 18.8 Å². The van der Waals surface area contributed by atoms with E-state index in [1.54, 1.807) is 0 Å². The minimum absolute atomic E-state index is 0.146. The van der Waals surface area contributed by atoms with Gasteiger partial charge in [0.1, 0.15) is 6.04 Å². The summed E-state index contributed by atoms with van der Waals surface area (Å²) < 4.78 is 5.49. The molecule has 0 spiro atoms. The standard InChI is InChI=1S/C13H16N2O/c1-11-10-15(7-8-16-11)13(9-14)12-5-3-2-4-6-12/h2-6,11,13H,7-8,10H2,1H3. The molecule has 0 bridgehead atoms. The second-order valence-electron chi connectivity index (χ2n) is 4.12. The van der Waals surface area contributed by atoms with Crippen LogP contribution in [0.4, 0.5) is 0 Å². The lowest BCUT2D eigenvalue weighted by atomic mass is 10.1. The highest BCUT2D eigenvalue weighted by atomic mass is 16.5. The summed E-state index contributed by atoms with van der Waals surface area (Å²) in [4.78, 5) is 2.18. The summed E-state index contributed by atoms with van der Waals surface area (Å²) in [5, 5.41) is 9.29. The Balaban J connectivity index is 2.14. The van der Waals surface area contributed by atoms with E-state index in [9.17, 15) is 5.26 Å². The Bertz CT molecular complexity index is 371. The number of benzene rings is 1. The fraction of sp³-hybridized carbons (Fsp3) is 0.462. The third kappa shape index (κ3) is 2.41. The van der Waals surface area contributed by atoms with Crippen LogP contribution in [0.3, 0.4) is 0 Å². The summed E-state index contributed by atoms with van der Waals surface area (Å²) >= 11 is 0. The van der Waals surface area contributed by atoms with Gasteiger partial charge in [-0.05, 0) is 12.5 Å². The van der Waals surface area contributed by atoms with Crippen LogP contribution in [0.1, 0.15) is 18.5 Å². The van der Waals surface area contributed by atoms with E-state index < -0.39 is 0 Å². The Hall–Kier alpha value is -1.37. The van der Waals surface area contributed by atoms with E-state index in [4.69, 9.17) is 4.74 Å². The van der Waals surface area contributed by atoms with Crippen LogP contribution in [0.15, 0.2) is 30.3 Å². The van der Waals surface area contributed by atoms with E-state index in [2.05, 4.69) is 11.0 Å². The van der Waals surface area contributed by atoms with Crippen molar-refractivity contribution in [3.8, 4) is 6.07 Å². The molecule has 16 heavy (non-hydrogen) atoms. The zero-order valence-corrected chi connectivity index (χ0v) is 9.47. The van der Waals surface area contributed by atoms with Crippen LogP contribution >= 0.6 is 0 Å². The van der Waals surface area contributed by atoms with Crippen molar-refractivity contribution < 1.29 is 4.74 Å². The number of hydrogen-bond acceptors (Lipinski definition) is 3. The molecule has 1 fully saturated rings. The predicted molar refractivity (Wildman–Crippen MR) is 61.8 cm³/mol. The maximum Gasteiger partial charge on any atom is 0.124 e. The van der Waals surface area contributed by atoms with Gasteiger partial charge >= 0.3 is 0 Å². The van der Waals surface area contributed by atoms with Crippen molar-refractivity contribution in [2.45, 2.75) is 19.1 Å². The molecule has 0 N–H and O–H groups in total.